The summed E-state index contributed by atoms with van der Waals surface area (Å²) in [6, 6.07) is 4.85. The molecule has 15 heavy (non-hydrogen) atoms. The minimum atomic E-state index is -0.269. The number of hydrogen-bond donors (Lipinski definition) is 1. The van der Waals surface area contributed by atoms with Gasteiger partial charge in [0.05, 0.1) is 6.61 Å². The highest BCUT2D eigenvalue weighted by Gasteiger charge is 2.00. The molecule has 0 aromatic heterocycles. The molecule has 1 aromatic rings. The molecule has 0 aliphatic rings. The molecule has 0 unspecified atom stereocenters. The summed E-state index contributed by atoms with van der Waals surface area (Å²) < 4.78 is 18.6. The van der Waals surface area contributed by atoms with E-state index in [0.717, 1.165) is 6.42 Å². The van der Waals surface area contributed by atoms with Crippen molar-refractivity contribution < 1.29 is 9.13 Å². The van der Waals surface area contributed by atoms with Gasteiger partial charge in [-0.2, -0.15) is 0 Å². The summed E-state index contributed by atoms with van der Waals surface area (Å²) in [5, 5.41) is 0. The van der Waals surface area contributed by atoms with E-state index >= 15 is 0 Å². The van der Waals surface area contributed by atoms with E-state index in [0.29, 0.717) is 24.5 Å². The molecule has 2 nitrogen and oxygen atoms in total. The van der Waals surface area contributed by atoms with Gasteiger partial charge in [0.15, 0.2) is 0 Å². The van der Waals surface area contributed by atoms with E-state index in [9.17, 15) is 4.39 Å². The molecule has 0 spiro atoms. The lowest BCUT2D eigenvalue weighted by Crippen LogP contribution is -1.95. The zero-order valence-corrected chi connectivity index (χ0v) is 8.87. The van der Waals surface area contributed by atoms with Crippen molar-refractivity contribution in [2.24, 2.45) is 5.73 Å². The van der Waals surface area contributed by atoms with Crippen LogP contribution in [0.4, 0.5) is 4.39 Å². The maximum atomic E-state index is 13.4. The van der Waals surface area contributed by atoms with Gasteiger partial charge in [-0.1, -0.05) is 12.2 Å². The number of rotatable bonds is 5. The van der Waals surface area contributed by atoms with Crippen LogP contribution >= 0.6 is 0 Å². The van der Waals surface area contributed by atoms with Crippen LogP contribution in [-0.4, -0.2) is 13.2 Å². The van der Waals surface area contributed by atoms with Crippen molar-refractivity contribution in [2.75, 3.05) is 13.2 Å². The Hall–Kier alpha value is -1.35. The van der Waals surface area contributed by atoms with Gasteiger partial charge in [-0.3, -0.25) is 0 Å². The van der Waals surface area contributed by atoms with Crippen molar-refractivity contribution in [3.05, 3.63) is 35.7 Å². The van der Waals surface area contributed by atoms with Gasteiger partial charge in [-0.25, -0.2) is 4.39 Å². The Morgan fingerprint density at radius 2 is 2.27 bits per heavy atom. The first-order chi connectivity index (χ1) is 7.27. The Labute approximate surface area is 89.6 Å². The van der Waals surface area contributed by atoms with Crippen molar-refractivity contribution in [2.45, 2.75) is 13.3 Å². The molecule has 0 saturated carbocycles. The van der Waals surface area contributed by atoms with E-state index in [-0.39, 0.29) is 5.82 Å². The topological polar surface area (TPSA) is 35.2 Å². The predicted molar refractivity (Wildman–Crippen MR) is 60.3 cm³/mol. The first-order valence-corrected chi connectivity index (χ1v) is 5.07. The fourth-order valence-corrected chi connectivity index (χ4v) is 1.21. The molecule has 0 aliphatic heterocycles. The van der Waals surface area contributed by atoms with Gasteiger partial charge >= 0.3 is 0 Å². The van der Waals surface area contributed by atoms with Gasteiger partial charge in [-0.15, -0.1) is 0 Å². The number of ether oxygens (including phenoxy) is 1. The summed E-state index contributed by atoms with van der Waals surface area (Å²) in [6.45, 7) is 2.99. The monoisotopic (exact) mass is 209 g/mol. The first kappa shape index (κ1) is 11.7. The van der Waals surface area contributed by atoms with Crippen molar-refractivity contribution in [1.29, 1.82) is 0 Å². The van der Waals surface area contributed by atoms with E-state index in [1.807, 2.05) is 13.0 Å². The fourth-order valence-electron chi connectivity index (χ4n) is 1.21. The Morgan fingerprint density at radius 3 is 2.87 bits per heavy atom. The molecule has 0 bridgehead atoms. The average molecular weight is 209 g/mol. The van der Waals surface area contributed by atoms with Crippen molar-refractivity contribution in [3.8, 4) is 5.75 Å². The zero-order chi connectivity index (χ0) is 11.1. The predicted octanol–water partition coefficient (Wildman–Crippen LogP) is 2.59. The molecule has 0 radical (unpaired) electrons. The molecular formula is C12H16FNO. The van der Waals surface area contributed by atoms with Gasteiger partial charge in [-0.05, 0) is 32.0 Å². The van der Waals surface area contributed by atoms with Crippen molar-refractivity contribution in [1.82, 2.24) is 0 Å². The smallest absolute Gasteiger partial charge is 0.134 e. The minimum Gasteiger partial charge on any atom is -0.494 e. The highest BCUT2D eigenvalue weighted by molar-refractivity contribution is 5.51. The number of hydrogen-bond acceptors (Lipinski definition) is 2. The van der Waals surface area contributed by atoms with Crippen molar-refractivity contribution >= 4 is 6.08 Å². The highest BCUT2D eigenvalue weighted by atomic mass is 19.1. The molecule has 0 fully saturated rings. The lowest BCUT2D eigenvalue weighted by Gasteiger charge is -2.03. The molecule has 2 N–H and O–H groups in total. The van der Waals surface area contributed by atoms with Crippen molar-refractivity contribution in [3.63, 3.8) is 0 Å². The van der Waals surface area contributed by atoms with E-state index < -0.39 is 0 Å². The Bertz CT molecular complexity index is 336. The largest absolute Gasteiger partial charge is 0.494 e. The SMILES string of the molecule is CCOc1ccc(C=CCCN)c(F)c1. The normalized spacial score (nSPS) is 10.9. The summed E-state index contributed by atoms with van der Waals surface area (Å²) in [5.41, 5.74) is 5.89. The van der Waals surface area contributed by atoms with Crippen LogP contribution in [0.25, 0.3) is 6.08 Å². The maximum absolute atomic E-state index is 13.4. The Kier molecular flexibility index (Phi) is 4.84. The summed E-state index contributed by atoms with van der Waals surface area (Å²) in [6.07, 6.45) is 4.35. The van der Waals surface area contributed by atoms with Gasteiger partial charge in [0.1, 0.15) is 11.6 Å². The Morgan fingerprint density at radius 1 is 1.47 bits per heavy atom. The van der Waals surface area contributed by atoms with Gasteiger partial charge in [0, 0.05) is 11.6 Å². The molecule has 0 aliphatic carbocycles. The van der Waals surface area contributed by atoms with Crippen LogP contribution in [0.5, 0.6) is 5.75 Å². The first-order valence-electron chi connectivity index (χ1n) is 5.07. The van der Waals surface area contributed by atoms with Crippen LogP contribution in [0, 0.1) is 5.82 Å². The molecular weight excluding hydrogens is 193 g/mol. The molecule has 0 atom stereocenters. The quantitative estimate of drug-likeness (QED) is 0.809. The summed E-state index contributed by atoms with van der Waals surface area (Å²) in [4.78, 5) is 0. The molecule has 0 saturated heterocycles. The number of benzene rings is 1. The highest BCUT2D eigenvalue weighted by Crippen LogP contribution is 2.17. The summed E-state index contributed by atoms with van der Waals surface area (Å²) >= 11 is 0. The van der Waals surface area contributed by atoms with Crippen LogP contribution in [0.2, 0.25) is 0 Å². The molecule has 0 amide bonds. The Balaban J connectivity index is 2.74. The lowest BCUT2D eigenvalue weighted by atomic mass is 10.2. The van der Waals surface area contributed by atoms with E-state index in [4.69, 9.17) is 10.5 Å². The number of halogens is 1. The molecule has 1 rings (SSSR count). The van der Waals surface area contributed by atoms with Crippen LogP contribution in [0.1, 0.15) is 18.9 Å². The van der Waals surface area contributed by atoms with Crippen LogP contribution in [0.15, 0.2) is 24.3 Å². The molecule has 1 aromatic carbocycles. The third-order valence-electron chi connectivity index (χ3n) is 1.91. The lowest BCUT2D eigenvalue weighted by molar-refractivity contribution is 0.338. The summed E-state index contributed by atoms with van der Waals surface area (Å²) in [7, 11) is 0. The molecule has 3 heteroatoms. The second kappa shape index (κ2) is 6.19. The minimum absolute atomic E-state index is 0.269. The summed E-state index contributed by atoms with van der Waals surface area (Å²) in [5.74, 6) is 0.292. The molecule has 82 valence electrons. The van der Waals surface area contributed by atoms with Gasteiger partial charge in [0.2, 0.25) is 0 Å². The van der Waals surface area contributed by atoms with Crippen LogP contribution in [-0.2, 0) is 0 Å². The fraction of sp³-hybridized carbons (Fsp3) is 0.333. The average Bonchev–Trinajstić information content (AvgIpc) is 2.22. The third-order valence-corrected chi connectivity index (χ3v) is 1.91. The maximum Gasteiger partial charge on any atom is 0.134 e. The third kappa shape index (κ3) is 3.72. The second-order valence-corrected chi connectivity index (χ2v) is 3.10. The standard InChI is InChI=1S/C12H16FNO/c1-2-15-11-7-6-10(12(13)9-11)5-3-4-8-14/h3,5-7,9H,2,4,8,14H2,1H3. The van der Waals surface area contributed by atoms with E-state index in [2.05, 4.69) is 0 Å². The van der Waals surface area contributed by atoms with Gasteiger partial charge < -0.3 is 10.5 Å². The van der Waals surface area contributed by atoms with Gasteiger partial charge in [0.25, 0.3) is 0 Å². The zero-order valence-electron chi connectivity index (χ0n) is 8.87. The van der Waals surface area contributed by atoms with E-state index in [1.54, 1.807) is 18.2 Å². The van der Waals surface area contributed by atoms with E-state index in [1.165, 1.54) is 6.07 Å². The second-order valence-electron chi connectivity index (χ2n) is 3.10. The van der Waals surface area contributed by atoms with Crippen LogP contribution in [0.3, 0.4) is 0 Å². The van der Waals surface area contributed by atoms with Crippen LogP contribution < -0.4 is 10.5 Å². The number of nitrogens with two attached hydrogens (primary N) is 1. The molecule has 0 heterocycles.